The van der Waals surface area contributed by atoms with Gasteiger partial charge < -0.3 is 14.8 Å². The van der Waals surface area contributed by atoms with Crippen LogP contribution in [-0.2, 0) is 5.41 Å². The number of nitrogens with one attached hydrogen (secondary N) is 2. The van der Waals surface area contributed by atoms with Crippen molar-refractivity contribution in [1.82, 2.24) is 10.1 Å². The minimum atomic E-state index is -0.139. The maximum Gasteiger partial charge on any atom is 1.00 e. The number of hydrogen-bond donors (Lipinski definition) is 2. The predicted octanol–water partition coefficient (Wildman–Crippen LogP) is 2.31. The van der Waals surface area contributed by atoms with Gasteiger partial charge in [-0.15, -0.1) is 18.3 Å². The Hall–Kier alpha value is -1.70. The molecule has 0 saturated carbocycles. The standard InChI is InChI=1S/C16H13N2O.C7H10NO.K/c1-11-7-8-14-12(9-11)10-15(18-14)16(19)17-13-5-3-2-4-6-13;1-7(2,3)6-4-5-8-9-6;/h3-10,18H,1H3,(H,17,19);4H,1-3H3;/q2*-1;+1. The van der Waals surface area contributed by atoms with Crippen LogP contribution in [0.4, 0.5) is 5.69 Å². The summed E-state index contributed by atoms with van der Waals surface area (Å²) in [5.74, 6) is 0.738. The van der Waals surface area contributed by atoms with Gasteiger partial charge in [0.1, 0.15) is 5.69 Å². The zero-order valence-corrected chi connectivity index (χ0v) is 20.6. The molecule has 4 aromatic rings. The molecular weight excluding hydrogens is 389 g/mol. The molecule has 0 bridgehead atoms. The first kappa shape index (κ1) is 23.6. The molecule has 144 valence electrons. The number of H-pyrrole nitrogens is 1. The van der Waals surface area contributed by atoms with Gasteiger partial charge in [0.15, 0.2) is 0 Å². The van der Waals surface area contributed by atoms with Crippen LogP contribution in [0.2, 0.25) is 0 Å². The molecule has 2 heterocycles. The number of aromatic amines is 1. The van der Waals surface area contributed by atoms with Crippen molar-refractivity contribution in [3.63, 3.8) is 0 Å². The van der Waals surface area contributed by atoms with Crippen molar-refractivity contribution < 1.29 is 60.7 Å². The summed E-state index contributed by atoms with van der Waals surface area (Å²) in [7, 11) is 0. The molecular formula is C23H23KN3O2-. The van der Waals surface area contributed by atoms with Crippen molar-refractivity contribution in [3.05, 3.63) is 83.9 Å². The van der Waals surface area contributed by atoms with E-state index in [0.717, 1.165) is 22.4 Å². The zero-order valence-electron chi connectivity index (χ0n) is 17.5. The number of hydrogen-bond acceptors (Lipinski definition) is 3. The van der Waals surface area contributed by atoms with E-state index in [1.54, 1.807) is 18.2 Å². The summed E-state index contributed by atoms with van der Waals surface area (Å²) in [5, 5.41) is 7.38. The molecule has 0 spiro atoms. The summed E-state index contributed by atoms with van der Waals surface area (Å²) in [6.07, 6.45) is 2.62. The molecule has 0 fully saturated rings. The maximum atomic E-state index is 12.1. The Bertz CT molecular complexity index is 1050. The number of rotatable bonds is 2. The molecule has 0 radical (unpaired) electrons. The second kappa shape index (κ2) is 10.4. The number of nitrogens with zero attached hydrogens (tertiary/aromatic N) is 1. The van der Waals surface area contributed by atoms with Gasteiger partial charge in [-0.1, -0.05) is 38.1 Å². The van der Waals surface area contributed by atoms with Gasteiger partial charge in [-0.2, -0.15) is 24.3 Å². The summed E-state index contributed by atoms with van der Waals surface area (Å²) < 4.78 is 4.89. The van der Waals surface area contributed by atoms with Crippen molar-refractivity contribution in [1.29, 1.82) is 0 Å². The minimum Gasteiger partial charge on any atom is -0.470 e. The SMILES string of the molecule is CC(C)(C)c1c[c-]no1.Cc1ccc2[nH]c(C(=O)Nc3cc[c-]cc3)cc2c1.[K+]. The number of carbonyl (C=O) groups is 1. The molecule has 0 saturated heterocycles. The molecule has 29 heavy (non-hydrogen) atoms. The third-order valence-electron chi connectivity index (χ3n) is 4.13. The molecule has 0 aliphatic heterocycles. The van der Waals surface area contributed by atoms with E-state index >= 15 is 0 Å². The summed E-state index contributed by atoms with van der Waals surface area (Å²) in [6.45, 7) is 8.25. The molecule has 4 rings (SSSR count). The molecule has 0 atom stereocenters. The van der Waals surface area contributed by atoms with Gasteiger partial charge in [0, 0.05) is 10.9 Å². The van der Waals surface area contributed by atoms with Crippen molar-refractivity contribution in [2.75, 3.05) is 5.32 Å². The topological polar surface area (TPSA) is 70.9 Å². The van der Waals surface area contributed by atoms with Gasteiger partial charge in [-0.05, 0) is 36.3 Å². The number of fused-ring (bicyclic) bond motifs is 1. The normalized spacial score (nSPS) is 10.6. The number of carbonyl (C=O) groups excluding carboxylic acids is 1. The Morgan fingerprint density at radius 2 is 1.86 bits per heavy atom. The molecule has 0 aliphatic carbocycles. The van der Waals surface area contributed by atoms with E-state index < -0.39 is 0 Å². The first-order valence-electron chi connectivity index (χ1n) is 9.03. The monoisotopic (exact) mass is 412 g/mol. The smallest absolute Gasteiger partial charge is 0.470 e. The van der Waals surface area contributed by atoms with Crippen molar-refractivity contribution in [3.8, 4) is 0 Å². The first-order chi connectivity index (χ1) is 13.3. The van der Waals surface area contributed by atoms with E-state index in [1.807, 2.05) is 37.3 Å². The Morgan fingerprint density at radius 3 is 2.45 bits per heavy atom. The van der Waals surface area contributed by atoms with E-state index in [1.165, 1.54) is 5.56 Å². The first-order valence-corrected chi connectivity index (χ1v) is 9.03. The fraction of sp³-hybridized carbons (Fsp3) is 0.217. The van der Waals surface area contributed by atoms with Crippen LogP contribution in [-0.4, -0.2) is 16.0 Å². The van der Waals surface area contributed by atoms with Crippen LogP contribution in [0.5, 0.6) is 0 Å². The van der Waals surface area contributed by atoms with E-state index in [0.29, 0.717) is 5.69 Å². The average molecular weight is 413 g/mol. The van der Waals surface area contributed by atoms with Crippen LogP contribution in [0.15, 0.2) is 59.1 Å². The van der Waals surface area contributed by atoms with Gasteiger partial charge in [-0.25, -0.2) is 5.16 Å². The summed E-state index contributed by atoms with van der Waals surface area (Å²) in [5.41, 5.74) is 3.54. The molecule has 1 amide bonds. The summed E-state index contributed by atoms with van der Waals surface area (Å²) >= 11 is 0. The quantitative estimate of drug-likeness (QED) is 0.392. The fourth-order valence-electron chi connectivity index (χ4n) is 2.58. The summed E-state index contributed by atoms with van der Waals surface area (Å²) in [4.78, 5) is 15.2. The molecule has 2 aromatic heterocycles. The maximum absolute atomic E-state index is 12.1. The van der Waals surface area contributed by atoms with E-state index in [4.69, 9.17) is 4.52 Å². The second-order valence-electron chi connectivity index (χ2n) is 7.59. The number of anilines is 1. The van der Waals surface area contributed by atoms with Crippen LogP contribution < -0.4 is 56.7 Å². The Balaban J connectivity index is 0.000000255. The molecule has 2 aromatic carbocycles. The number of amides is 1. The van der Waals surface area contributed by atoms with Crippen LogP contribution in [0.3, 0.4) is 0 Å². The number of aryl methyl sites for hydroxylation is 1. The predicted molar refractivity (Wildman–Crippen MR) is 110 cm³/mol. The van der Waals surface area contributed by atoms with Crippen molar-refractivity contribution in [2.45, 2.75) is 33.1 Å². The molecule has 6 heteroatoms. The second-order valence-corrected chi connectivity index (χ2v) is 7.59. The molecule has 2 N–H and O–H groups in total. The van der Waals surface area contributed by atoms with Gasteiger partial charge in [0.05, 0.1) is 0 Å². The Kier molecular flexibility index (Phi) is 8.42. The van der Waals surface area contributed by atoms with E-state index in [9.17, 15) is 4.79 Å². The molecule has 0 unspecified atom stereocenters. The minimum absolute atomic E-state index is 0. The van der Waals surface area contributed by atoms with Gasteiger partial charge in [-0.3, -0.25) is 4.79 Å². The van der Waals surface area contributed by atoms with E-state index in [2.05, 4.69) is 54.6 Å². The number of benzene rings is 2. The van der Waals surface area contributed by atoms with E-state index in [-0.39, 0.29) is 62.7 Å². The van der Waals surface area contributed by atoms with Crippen LogP contribution in [0, 0.1) is 19.2 Å². The average Bonchev–Trinajstić information content (AvgIpc) is 3.32. The Labute approximate surface area is 213 Å². The number of aromatic nitrogens is 2. The largest absolute Gasteiger partial charge is 1.00 e. The fourth-order valence-corrected chi connectivity index (χ4v) is 2.58. The van der Waals surface area contributed by atoms with Gasteiger partial charge >= 0.3 is 51.4 Å². The third kappa shape index (κ3) is 6.66. The third-order valence-corrected chi connectivity index (χ3v) is 4.13. The van der Waals surface area contributed by atoms with Crippen LogP contribution in [0.1, 0.15) is 42.6 Å². The zero-order chi connectivity index (χ0) is 20.1. The summed E-state index contributed by atoms with van der Waals surface area (Å²) in [6, 6.07) is 19.8. The molecule has 5 nitrogen and oxygen atoms in total. The Morgan fingerprint density at radius 1 is 1.14 bits per heavy atom. The van der Waals surface area contributed by atoms with Crippen molar-refractivity contribution >= 4 is 22.5 Å². The van der Waals surface area contributed by atoms with Crippen molar-refractivity contribution in [2.24, 2.45) is 0 Å². The van der Waals surface area contributed by atoms with Crippen LogP contribution >= 0.6 is 0 Å². The molecule has 0 aliphatic rings. The van der Waals surface area contributed by atoms with Gasteiger partial charge in [0.25, 0.3) is 5.91 Å². The van der Waals surface area contributed by atoms with Gasteiger partial charge in [0.2, 0.25) is 0 Å². The van der Waals surface area contributed by atoms with Crippen LogP contribution in [0.25, 0.3) is 10.9 Å².